The fourth-order valence-corrected chi connectivity index (χ4v) is 3.89. The molecule has 1 amide bonds. The smallest absolute Gasteiger partial charge is 0.255 e. The molecule has 1 fully saturated rings. The maximum Gasteiger partial charge on any atom is 0.255 e. The molecule has 0 saturated carbocycles. The molecule has 0 radical (unpaired) electrons. The Labute approximate surface area is 203 Å². The lowest BCUT2D eigenvalue weighted by Gasteiger charge is -2.23. The van der Waals surface area contributed by atoms with Crippen LogP contribution in [0.4, 0.5) is 15.9 Å². The Bertz CT molecular complexity index is 1210. The van der Waals surface area contributed by atoms with Gasteiger partial charge in [0.15, 0.2) is 5.65 Å². The van der Waals surface area contributed by atoms with Crippen LogP contribution in [0.5, 0.6) is 0 Å². The maximum atomic E-state index is 14.1. The number of nitrogens with one attached hydrogen (secondary N) is 2. The largest absolute Gasteiger partial charge is 0.391 e. The predicted molar refractivity (Wildman–Crippen MR) is 131 cm³/mol. The first kappa shape index (κ1) is 24.8. The van der Waals surface area contributed by atoms with E-state index in [4.69, 9.17) is 5.10 Å². The Hall–Kier alpha value is -3.31. The summed E-state index contributed by atoms with van der Waals surface area (Å²) in [6, 6.07) is 5.51. The number of hydrogen-bond acceptors (Lipinski definition) is 8. The summed E-state index contributed by atoms with van der Waals surface area (Å²) in [6.07, 6.45) is 1.83. The summed E-state index contributed by atoms with van der Waals surface area (Å²) in [6.45, 7) is 7.53. The molecule has 0 aliphatic carbocycles. The van der Waals surface area contributed by atoms with Crippen molar-refractivity contribution < 1.29 is 19.4 Å². The number of pyridine rings is 1. The summed E-state index contributed by atoms with van der Waals surface area (Å²) in [5.74, 6) is 0.239. The highest BCUT2D eigenvalue weighted by atomic mass is 19.1. The van der Waals surface area contributed by atoms with Crippen molar-refractivity contribution in [1.82, 2.24) is 24.9 Å². The van der Waals surface area contributed by atoms with E-state index in [-0.39, 0.29) is 24.3 Å². The third kappa shape index (κ3) is 5.51. The third-order valence-corrected chi connectivity index (χ3v) is 5.90. The van der Waals surface area contributed by atoms with Gasteiger partial charge >= 0.3 is 0 Å². The van der Waals surface area contributed by atoms with E-state index < -0.39 is 17.7 Å². The molecule has 1 aliphatic heterocycles. The van der Waals surface area contributed by atoms with Crippen LogP contribution in [-0.4, -0.2) is 79.3 Å². The molecule has 10 nitrogen and oxygen atoms in total. The van der Waals surface area contributed by atoms with Gasteiger partial charge in [-0.3, -0.25) is 9.78 Å². The number of β-amino-alcohol motifs (C(OH)–C–C–N with tert-alkyl or cyclic N) is 1. The van der Waals surface area contributed by atoms with E-state index in [1.165, 1.54) is 20.0 Å². The summed E-state index contributed by atoms with van der Waals surface area (Å²) in [4.78, 5) is 23.7. The monoisotopic (exact) mass is 485 g/mol. The number of aliphatic hydroxyl groups is 2. The molecule has 0 spiro atoms. The summed E-state index contributed by atoms with van der Waals surface area (Å²) >= 11 is 0. The molecule has 188 valence electrons. The molecule has 0 aromatic carbocycles. The van der Waals surface area contributed by atoms with Crippen LogP contribution in [0.25, 0.3) is 17.0 Å². The topological polar surface area (TPSA) is 128 Å². The van der Waals surface area contributed by atoms with Gasteiger partial charge in [0.1, 0.15) is 17.7 Å². The summed E-state index contributed by atoms with van der Waals surface area (Å²) in [5, 5.41) is 30.2. The lowest BCUT2D eigenvalue weighted by molar-refractivity contribution is -0.00177. The molecule has 4 rings (SSSR count). The van der Waals surface area contributed by atoms with Crippen LogP contribution >= 0.6 is 0 Å². The van der Waals surface area contributed by atoms with E-state index in [0.29, 0.717) is 35.7 Å². The molecule has 0 bridgehead atoms. The van der Waals surface area contributed by atoms with Gasteiger partial charge in [0.25, 0.3) is 5.91 Å². The van der Waals surface area contributed by atoms with E-state index in [1.54, 1.807) is 16.8 Å². The zero-order chi connectivity index (χ0) is 25.3. The quantitative estimate of drug-likeness (QED) is 0.382. The lowest BCUT2D eigenvalue weighted by Crippen LogP contribution is -2.42. The summed E-state index contributed by atoms with van der Waals surface area (Å²) < 4.78 is 15.8. The van der Waals surface area contributed by atoms with Crippen LogP contribution in [0.3, 0.4) is 0 Å². The zero-order valence-corrected chi connectivity index (χ0v) is 20.4. The van der Waals surface area contributed by atoms with Crippen LogP contribution in [-0.2, 0) is 0 Å². The Morgan fingerprint density at radius 1 is 1.29 bits per heavy atom. The van der Waals surface area contributed by atoms with Crippen LogP contribution in [0, 0.1) is 0 Å². The number of hydrogen-bond donors (Lipinski definition) is 4. The number of anilines is 2. The minimum Gasteiger partial charge on any atom is -0.391 e. The van der Waals surface area contributed by atoms with Crippen molar-refractivity contribution in [3.05, 3.63) is 36.2 Å². The number of amides is 1. The van der Waals surface area contributed by atoms with Gasteiger partial charge in [-0.25, -0.2) is 13.9 Å². The molecular weight excluding hydrogens is 453 g/mol. The molecule has 0 unspecified atom stereocenters. The molecule has 1 saturated heterocycles. The number of halogens is 1. The number of carbonyl (C=O) groups excluding carboxylic acids is 1. The molecule has 35 heavy (non-hydrogen) atoms. The molecular formula is C24H32FN7O3. The minimum atomic E-state index is -1.62. The second-order valence-electron chi connectivity index (χ2n) is 9.74. The first-order valence-electron chi connectivity index (χ1n) is 11.7. The number of rotatable bonds is 8. The van der Waals surface area contributed by atoms with Crippen molar-refractivity contribution in [1.29, 1.82) is 0 Å². The average Bonchev–Trinajstić information content (AvgIpc) is 3.41. The highest BCUT2D eigenvalue weighted by Gasteiger charge is 2.27. The first-order chi connectivity index (χ1) is 16.5. The zero-order valence-electron chi connectivity index (χ0n) is 20.4. The molecule has 3 aromatic rings. The van der Waals surface area contributed by atoms with Gasteiger partial charge in [-0.05, 0) is 52.3 Å². The van der Waals surface area contributed by atoms with Gasteiger partial charge < -0.3 is 25.7 Å². The Kier molecular flexibility index (Phi) is 6.91. The van der Waals surface area contributed by atoms with Crippen molar-refractivity contribution in [2.75, 3.05) is 29.9 Å². The molecule has 1 aliphatic rings. The highest BCUT2D eigenvalue weighted by Crippen LogP contribution is 2.26. The maximum absolute atomic E-state index is 14.1. The average molecular weight is 486 g/mol. The molecule has 11 heteroatoms. The Morgan fingerprint density at radius 2 is 2.06 bits per heavy atom. The number of alkyl halides is 1. The van der Waals surface area contributed by atoms with Gasteiger partial charge in [0, 0.05) is 25.3 Å². The lowest BCUT2D eigenvalue weighted by atomic mass is 10.0. The summed E-state index contributed by atoms with van der Waals surface area (Å²) in [5.41, 5.74) is 1.09. The number of carbonyl (C=O) groups is 1. The van der Waals surface area contributed by atoms with Crippen molar-refractivity contribution >= 4 is 23.1 Å². The predicted octanol–water partition coefficient (Wildman–Crippen LogP) is 2.02. The SMILES string of the molecule is CC(C)Nc1cc(-c2cnc3ccc(N4CC[C@@H](O)C4)nn23)ncc1C(=O)NC[C@@H](F)C(C)(C)O. The Balaban J connectivity index is 1.64. The number of aromatic nitrogens is 4. The van der Waals surface area contributed by atoms with Gasteiger partial charge in [-0.1, -0.05) is 0 Å². The summed E-state index contributed by atoms with van der Waals surface area (Å²) in [7, 11) is 0. The molecule has 4 heterocycles. The molecule has 3 aromatic heterocycles. The normalized spacial score (nSPS) is 17.3. The van der Waals surface area contributed by atoms with Crippen LogP contribution in [0.1, 0.15) is 44.5 Å². The van der Waals surface area contributed by atoms with E-state index in [1.807, 2.05) is 30.9 Å². The fourth-order valence-electron chi connectivity index (χ4n) is 3.89. The van der Waals surface area contributed by atoms with Gasteiger partial charge in [-0.2, -0.15) is 0 Å². The van der Waals surface area contributed by atoms with Crippen LogP contribution in [0.2, 0.25) is 0 Å². The van der Waals surface area contributed by atoms with Crippen molar-refractivity contribution in [3.63, 3.8) is 0 Å². The third-order valence-electron chi connectivity index (χ3n) is 5.90. The Morgan fingerprint density at radius 3 is 2.71 bits per heavy atom. The number of fused-ring (bicyclic) bond motifs is 1. The number of nitrogens with zero attached hydrogens (tertiary/aromatic N) is 5. The van der Waals surface area contributed by atoms with Crippen molar-refractivity contribution in [2.24, 2.45) is 0 Å². The second kappa shape index (κ2) is 9.74. The standard InChI is InChI=1S/C24H32FN7O3/c1-14(2)29-17-9-18(26-10-16(17)23(34)28-12-20(25)24(3,4)35)19-11-27-21-5-6-22(30-32(19)21)31-8-7-15(33)13-31/h5-6,9-11,14-15,20,33,35H,7-8,12-13H2,1-4H3,(H,26,29)(H,28,34)/t15-,20-/m1/s1. The van der Waals surface area contributed by atoms with Crippen molar-refractivity contribution in [2.45, 2.75) is 58.0 Å². The first-order valence-corrected chi connectivity index (χ1v) is 11.7. The number of aliphatic hydroxyl groups excluding tert-OH is 1. The van der Waals surface area contributed by atoms with Crippen LogP contribution in [0.15, 0.2) is 30.6 Å². The van der Waals surface area contributed by atoms with Gasteiger partial charge in [-0.15, -0.1) is 5.10 Å². The minimum absolute atomic E-state index is 0.0237. The van der Waals surface area contributed by atoms with Gasteiger partial charge in [0.05, 0.1) is 41.4 Å². The number of imidazole rings is 1. The fraction of sp³-hybridized carbons (Fsp3) is 0.500. The van der Waals surface area contributed by atoms with E-state index >= 15 is 0 Å². The van der Waals surface area contributed by atoms with Crippen molar-refractivity contribution in [3.8, 4) is 11.4 Å². The molecule has 2 atom stereocenters. The van der Waals surface area contributed by atoms with E-state index in [2.05, 4.69) is 20.6 Å². The van der Waals surface area contributed by atoms with Crippen LogP contribution < -0.4 is 15.5 Å². The second-order valence-corrected chi connectivity index (χ2v) is 9.74. The van der Waals surface area contributed by atoms with Gasteiger partial charge in [0.2, 0.25) is 0 Å². The van der Waals surface area contributed by atoms with E-state index in [0.717, 1.165) is 12.4 Å². The molecule has 4 N–H and O–H groups in total. The highest BCUT2D eigenvalue weighted by molar-refractivity contribution is 6.00. The van der Waals surface area contributed by atoms with E-state index in [9.17, 15) is 19.4 Å².